The van der Waals surface area contributed by atoms with Gasteiger partial charge in [0, 0.05) is 12.6 Å². The Morgan fingerprint density at radius 1 is 1.67 bits per heavy atom. The SMILES string of the molecule is O=C(O)OS1=CCCC2CCN21. The number of carbonyl (C=O) groups is 1. The highest BCUT2D eigenvalue weighted by atomic mass is 32.2. The average Bonchev–Trinajstić information content (AvgIpc) is 1.91. The van der Waals surface area contributed by atoms with E-state index in [1.807, 2.05) is 5.37 Å². The molecular weight excluding hydrogens is 178 g/mol. The Hall–Kier alpha value is -0.550. The van der Waals surface area contributed by atoms with Crippen LogP contribution < -0.4 is 0 Å². The zero-order valence-corrected chi connectivity index (χ0v) is 7.42. The smallest absolute Gasteiger partial charge is 0.449 e. The minimum atomic E-state index is -1.16. The standard InChI is InChI=1S/C7H11NO3S/c9-7(10)11-12-5-1-2-6-3-4-8(6)12/h5-6H,1-4H2,(H,9,10). The monoisotopic (exact) mass is 189 g/mol. The first-order valence-electron chi connectivity index (χ1n) is 4.02. The summed E-state index contributed by atoms with van der Waals surface area (Å²) in [5.74, 6) is 0. The quantitative estimate of drug-likeness (QED) is 0.634. The molecule has 0 spiro atoms. The predicted octanol–water partition coefficient (Wildman–Crippen LogP) is 1.45. The highest BCUT2D eigenvalue weighted by Crippen LogP contribution is 2.38. The summed E-state index contributed by atoms with van der Waals surface area (Å²) in [6, 6.07) is 0.581. The molecule has 1 fully saturated rings. The van der Waals surface area contributed by atoms with Crippen LogP contribution in [0.1, 0.15) is 19.3 Å². The van der Waals surface area contributed by atoms with E-state index in [-0.39, 0.29) is 0 Å². The van der Waals surface area contributed by atoms with Gasteiger partial charge < -0.3 is 9.29 Å². The highest BCUT2D eigenvalue weighted by molar-refractivity contribution is 8.09. The molecule has 2 aliphatic heterocycles. The molecule has 1 N–H and O–H groups in total. The van der Waals surface area contributed by atoms with E-state index >= 15 is 0 Å². The summed E-state index contributed by atoms with van der Waals surface area (Å²) in [6.07, 6.45) is 2.17. The summed E-state index contributed by atoms with van der Waals surface area (Å²) >= 11 is 0. The number of nitrogens with zero attached hydrogens (tertiary/aromatic N) is 1. The van der Waals surface area contributed by atoms with E-state index < -0.39 is 17.1 Å². The van der Waals surface area contributed by atoms with Crippen molar-refractivity contribution in [1.29, 1.82) is 0 Å². The second kappa shape index (κ2) is 3.06. The van der Waals surface area contributed by atoms with E-state index in [2.05, 4.69) is 4.31 Å². The molecule has 0 aromatic rings. The van der Waals surface area contributed by atoms with Crippen LogP contribution in [0.5, 0.6) is 0 Å². The third kappa shape index (κ3) is 1.34. The van der Waals surface area contributed by atoms with Crippen LogP contribution >= 0.6 is 11.0 Å². The lowest BCUT2D eigenvalue weighted by molar-refractivity contribution is 0.140. The highest BCUT2D eigenvalue weighted by Gasteiger charge is 2.34. The van der Waals surface area contributed by atoms with Crippen LogP contribution in [0, 0.1) is 0 Å². The molecule has 0 bridgehead atoms. The van der Waals surface area contributed by atoms with Gasteiger partial charge in [0.15, 0.2) is 0 Å². The molecule has 2 rings (SSSR count). The Morgan fingerprint density at radius 3 is 3.08 bits per heavy atom. The van der Waals surface area contributed by atoms with Crippen LogP contribution in [-0.2, 0) is 4.18 Å². The first kappa shape index (κ1) is 8.07. The molecule has 2 aliphatic rings. The maximum absolute atomic E-state index is 10.3. The maximum atomic E-state index is 10.3. The average molecular weight is 189 g/mol. The summed E-state index contributed by atoms with van der Waals surface area (Å²) in [6.45, 7) is 0.984. The van der Waals surface area contributed by atoms with Gasteiger partial charge in [0.2, 0.25) is 0 Å². The van der Waals surface area contributed by atoms with Crippen molar-refractivity contribution in [3.05, 3.63) is 0 Å². The number of carboxylic acid groups (broad SMARTS) is 1. The molecule has 2 atom stereocenters. The van der Waals surface area contributed by atoms with Crippen molar-refractivity contribution < 1.29 is 14.1 Å². The van der Waals surface area contributed by atoms with Crippen LogP contribution in [-0.4, -0.2) is 33.5 Å². The number of fused-ring (bicyclic) bond motifs is 1. The van der Waals surface area contributed by atoms with Gasteiger partial charge >= 0.3 is 6.16 Å². The van der Waals surface area contributed by atoms with Crippen molar-refractivity contribution in [1.82, 2.24) is 4.31 Å². The zero-order chi connectivity index (χ0) is 8.55. The minimum Gasteiger partial charge on any atom is -0.449 e. The fourth-order valence-corrected chi connectivity index (χ4v) is 3.18. The molecule has 4 nitrogen and oxygen atoms in total. The van der Waals surface area contributed by atoms with E-state index in [4.69, 9.17) is 9.29 Å². The van der Waals surface area contributed by atoms with Gasteiger partial charge in [0.05, 0.1) is 11.0 Å². The summed E-state index contributed by atoms with van der Waals surface area (Å²) < 4.78 is 6.86. The molecule has 1 saturated heterocycles. The summed E-state index contributed by atoms with van der Waals surface area (Å²) in [4.78, 5) is 10.3. The molecule has 0 aromatic heterocycles. The van der Waals surface area contributed by atoms with Gasteiger partial charge in [-0.1, -0.05) is 0 Å². The molecule has 0 aromatic carbocycles. The Kier molecular flexibility index (Phi) is 2.06. The predicted molar refractivity (Wildman–Crippen MR) is 47.1 cm³/mol. The van der Waals surface area contributed by atoms with Crippen molar-refractivity contribution in [2.24, 2.45) is 0 Å². The second-order valence-corrected chi connectivity index (χ2v) is 4.47. The van der Waals surface area contributed by atoms with Crippen molar-refractivity contribution in [2.75, 3.05) is 6.54 Å². The second-order valence-electron chi connectivity index (χ2n) is 2.95. The lowest BCUT2D eigenvalue weighted by Gasteiger charge is -2.43. The minimum absolute atomic E-state index is 0.554. The van der Waals surface area contributed by atoms with Crippen LogP contribution in [0.15, 0.2) is 0 Å². The van der Waals surface area contributed by atoms with E-state index in [1.54, 1.807) is 0 Å². The summed E-state index contributed by atoms with van der Waals surface area (Å²) in [5, 5.41) is 10.4. The normalized spacial score (nSPS) is 34.3. The Bertz CT molecular complexity index is 241. The topological polar surface area (TPSA) is 49.8 Å². The molecule has 68 valence electrons. The number of hydrogen-bond acceptors (Lipinski definition) is 3. The van der Waals surface area contributed by atoms with Crippen LogP contribution in [0.3, 0.4) is 0 Å². The van der Waals surface area contributed by atoms with Crippen molar-refractivity contribution in [3.63, 3.8) is 0 Å². The van der Waals surface area contributed by atoms with Gasteiger partial charge in [-0.25, -0.2) is 9.10 Å². The van der Waals surface area contributed by atoms with E-state index in [1.165, 1.54) is 6.42 Å². The molecule has 2 unspecified atom stereocenters. The van der Waals surface area contributed by atoms with Gasteiger partial charge in [-0.15, -0.1) is 0 Å². The third-order valence-electron chi connectivity index (χ3n) is 2.24. The lowest BCUT2D eigenvalue weighted by atomic mass is 10.0. The lowest BCUT2D eigenvalue weighted by Crippen LogP contribution is -2.46. The van der Waals surface area contributed by atoms with Crippen LogP contribution in [0.4, 0.5) is 4.79 Å². The molecule has 5 heteroatoms. The van der Waals surface area contributed by atoms with Crippen LogP contribution in [0.2, 0.25) is 0 Å². The Labute approximate surface area is 73.4 Å². The van der Waals surface area contributed by atoms with E-state index in [0.717, 1.165) is 19.4 Å². The van der Waals surface area contributed by atoms with Crippen molar-refractivity contribution >= 4 is 22.5 Å². The summed E-state index contributed by atoms with van der Waals surface area (Å²) in [5.41, 5.74) is 0. The van der Waals surface area contributed by atoms with E-state index in [9.17, 15) is 4.79 Å². The zero-order valence-electron chi connectivity index (χ0n) is 6.60. The number of rotatable bonds is 1. The molecular formula is C7H11NO3S. The molecule has 12 heavy (non-hydrogen) atoms. The molecule has 0 radical (unpaired) electrons. The third-order valence-corrected chi connectivity index (χ3v) is 4.02. The molecule has 2 heterocycles. The maximum Gasteiger partial charge on any atom is 0.518 e. The van der Waals surface area contributed by atoms with Gasteiger partial charge in [-0.2, -0.15) is 0 Å². The molecule has 0 saturated carbocycles. The first-order chi connectivity index (χ1) is 5.77. The first-order valence-corrected chi connectivity index (χ1v) is 5.19. The van der Waals surface area contributed by atoms with Gasteiger partial charge in [0.1, 0.15) is 0 Å². The van der Waals surface area contributed by atoms with Crippen molar-refractivity contribution in [3.8, 4) is 0 Å². The Morgan fingerprint density at radius 2 is 2.50 bits per heavy atom. The Balaban J connectivity index is 2.03. The molecule has 0 aliphatic carbocycles. The van der Waals surface area contributed by atoms with Crippen molar-refractivity contribution in [2.45, 2.75) is 25.3 Å². The van der Waals surface area contributed by atoms with E-state index in [0.29, 0.717) is 6.04 Å². The summed E-state index contributed by atoms with van der Waals surface area (Å²) in [7, 11) is -0.554. The van der Waals surface area contributed by atoms with Gasteiger partial charge in [-0.3, -0.25) is 0 Å². The fourth-order valence-electron chi connectivity index (χ4n) is 1.55. The number of hydrogen-bond donors (Lipinski definition) is 1. The molecule has 0 amide bonds. The van der Waals surface area contributed by atoms with Gasteiger partial charge in [0.25, 0.3) is 0 Å². The van der Waals surface area contributed by atoms with Gasteiger partial charge in [-0.05, 0) is 24.6 Å². The largest absolute Gasteiger partial charge is 0.518 e. The van der Waals surface area contributed by atoms with Crippen LogP contribution in [0.25, 0.3) is 0 Å². The fraction of sp³-hybridized carbons (Fsp3) is 0.714.